The van der Waals surface area contributed by atoms with Gasteiger partial charge < -0.3 is 9.84 Å². The van der Waals surface area contributed by atoms with Gasteiger partial charge in [-0.1, -0.05) is 15.9 Å². The Morgan fingerprint density at radius 3 is 2.74 bits per heavy atom. The summed E-state index contributed by atoms with van der Waals surface area (Å²) in [5.41, 5.74) is 2.00. The van der Waals surface area contributed by atoms with E-state index in [1.165, 1.54) is 0 Å². The number of hydrogen-bond acceptors (Lipinski definition) is 3. The number of halogens is 1. The van der Waals surface area contributed by atoms with E-state index in [1.807, 2.05) is 6.07 Å². The van der Waals surface area contributed by atoms with Crippen LogP contribution in [0.5, 0.6) is 5.75 Å². The van der Waals surface area contributed by atoms with E-state index >= 15 is 0 Å². The molecule has 98 valence electrons. The van der Waals surface area contributed by atoms with Gasteiger partial charge in [0.1, 0.15) is 5.75 Å². The zero-order chi connectivity index (χ0) is 14.0. The maximum absolute atomic E-state index is 11.4. The lowest BCUT2D eigenvalue weighted by molar-refractivity contribution is 0.0696. The summed E-state index contributed by atoms with van der Waals surface area (Å²) in [6.07, 6.45) is 1.60. The number of ether oxygens (including phenoxy) is 1. The summed E-state index contributed by atoms with van der Waals surface area (Å²) in [5, 5.41) is 9.34. The molecule has 0 unspecified atom stereocenters. The second kappa shape index (κ2) is 5.40. The Balaban J connectivity index is 2.72. The van der Waals surface area contributed by atoms with Crippen molar-refractivity contribution in [2.75, 3.05) is 7.11 Å². The molecule has 2 aromatic rings. The molecule has 0 aliphatic heterocycles. The van der Waals surface area contributed by atoms with Gasteiger partial charge in [0.05, 0.1) is 18.4 Å². The van der Waals surface area contributed by atoms with Crippen molar-refractivity contribution in [1.82, 2.24) is 4.98 Å². The third kappa shape index (κ3) is 2.61. The number of carbonyl (C=O) groups is 1. The van der Waals surface area contributed by atoms with Gasteiger partial charge in [-0.15, -0.1) is 0 Å². The fourth-order valence-corrected chi connectivity index (χ4v) is 2.28. The van der Waals surface area contributed by atoms with Crippen molar-refractivity contribution in [3.63, 3.8) is 0 Å². The number of pyridine rings is 1. The van der Waals surface area contributed by atoms with Gasteiger partial charge in [0.2, 0.25) is 0 Å². The molecule has 1 N–H and O–H groups in total. The van der Waals surface area contributed by atoms with Crippen LogP contribution in [0, 0.1) is 6.92 Å². The van der Waals surface area contributed by atoms with Crippen LogP contribution < -0.4 is 4.74 Å². The summed E-state index contributed by atoms with van der Waals surface area (Å²) < 4.78 is 5.94. The van der Waals surface area contributed by atoms with Crippen LogP contribution in [0.2, 0.25) is 0 Å². The Hall–Kier alpha value is -1.88. The Morgan fingerprint density at radius 2 is 2.11 bits per heavy atom. The number of rotatable bonds is 3. The van der Waals surface area contributed by atoms with Crippen molar-refractivity contribution < 1.29 is 14.6 Å². The van der Waals surface area contributed by atoms with E-state index in [0.29, 0.717) is 22.6 Å². The highest BCUT2D eigenvalue weighted by molar-refractivity contribution is 9.10. The molecule has 19 heavy (non-hydrogen) atoms. The van der Waals surface area contributed by atoms with Crippen molar-refractivity contribution in [2.45, 2.75) is 6.92 Å². The first kappa shape index (κ1) is 13.5. The first-order chi connectivity index (χ1) is 9.04. The van der Waals surface area contributed by atoms with E-state index in [4.69, 9.17) is 4.74 Å². The topological polar surface area (TPSA) is 59.4 Å². The summed E-state index contributed by atoms with van der Waals surface area (Å²) >= 11 is 3.42. The lowest BCUT2D eigenvalue weighted by atomic mass is 10.0. The highest BCUT2D eigenvalue weighted by Gasteiger charge is 2.18. The SMILES string of the molecule is COc1ccc(Br)c(-c2nccc(C)c2C(=O)O)c1. The average Bonchev–Trinajstić information content (AvgIpc) is 2.38. The first-order valence-electron chi connectivity index (χ1n) is 5.57. The number of aromatic nitrogens is 1. The monoisotopic (exact) mass is 321 g/mol. The fraction of sp³-hybridized carbons (Fsp3) is 0.143. The molecule has 0 saturated heterocycles. The Labute approximate surface area is 119 Å². The van der Waals surface area contributed by atoms with Gasteiger partial charge in [-0.25, -0.2) is 4.79 Å². The van der Waals surface area contributed by atoms with Crippen LogP contribution in [0.15, 0.2) is 34.9 Å². The van der Waals surface area contributed by atoms with Gasteiger partial charge in [0.15, 0.2) is 0 Å². The molecule has 4 nitrogen and oxygen atoms in total. The predicted molar refractivity (Wildman–Crippen MR) is 75.6 cm³/mol. The molecule has 0 spiro atoms. The maximum Gasteiger partial charge on any atom is 0.338 e. The molecule has 1 aromatic heterocycles. The molecule has 2 rings (SSSR count). The third-order valence-corrected chi connectivity index (χ3v) is 3.49. The molecule has 0 aliphatic rings. The molecule has 1 aromatic carbocycles. The van der Waals surface area contributed by atoms with Gasteiger partial charge in [0, 0.05) is 16.2 Å². The second-order valence-electron chi connectivity index (χ2n) is 4.00. The smallest absolute Gasteiger partial charge is 0.338 e. The van der Waals surface area contributed by atoms with Crippen molar-refractivity contribution in [2.24, 2.45) is 0 Å². The van der Waals surface area contributed by atoms with Gasteiger partial charge in [-0.05, 0) is 36.8 Å². The molecule has 0 radical (unpaired) electrons. The standard InChI is InChI=1S/C14H12BrNO3/c1-8-5-6-16-13(12(8)14(17)18)10-7-9(19-2)3-4-11(10)15/h3-7H,1-2H3,(H,17,18). The zero-order valence-corrected chi connectivity index (χ0v) is 12.1. The molecule has 1 heterocycles. The molecule has 0 bridgehead atoms. The normalized spacial score (nSPS) is 10.3. The van der Waals surface area contributed by atoms with Gasteiger partial charge >= 0.3 is 5.97 Å². The van der Waals surface area contributed by atoms with Crippen LogP contribution in [-0.4, -0.2) is 23.2 Å². The van der Waals surface area contributed by atoms with Crippen molar-refractivity contribution in [1.29, 1.82) is 0 Å². The zero-order valence-electron chi connectivity index (χ0n) is 10.5. The number of hydrogen-bond donors (Lipinski definition) is 1. The molecule has 5 heteroatoms. The van der Waals surface area contributed by atoms with Crippen LogP contribution in [0.3, 0.4) is 0 Å². The summed E-state index contributed by atoms with van der Waals surface area (Å²) in [6.45, 7) is 1.75. The minimum Gasteiger partial charge on any atom is -0.497 e. The van der Waals surface area contributed by atoms with Crippen LogP contribution >= 0.6 is 15.9 Å². The van der Waals surface area contributed by atoms with Crippen molar-refractivity contribution in [3.05, 3.63) is 46.1 Å². The molecule has 0 fully saturated rings. The summed E-state index contributed by atoms with van der Waals surface area (Å²) in [7, 11) is 1.56. The number of carboxylic acids is 1. The quantitative estimate of drug-likeness (QED) is 0.939. The van der Waals surface area contributed by atoms with E-state index in [9.17, 15) is 9.90 Å². The number of benzene rings is 1. The lowest BCUT2D eigenvalue weighted by Gasteiger charge is -2.11. The largest absolute Gasteiger partial charge is 0.497 e. The average molecular weight is 322 g/mol. The molecule has 0 aliphatic carbocycles. The highest BCUT2D eigenvalue weighted by atomic mass is 79.9. The molecular formula is C14H12BrNO3. The third-order valence-electron chi connectivity index (χ3n) is 2.80. The molecule has 0 atom stereocenters. The highest BCUT2D eigenvalue weighted by Crippen LogP contribution is 2.33. The van der Waals surface area contributed by atoms with E-state index in [1.54, 1.807) is 38.4 Å². The van der Waals surface area contributed by atoms with Crippen molar-refractivity contribution >= 4 is 21.9 Å². The molecule has 0 saturated carbocycles. The van der Waals surface area contributed by atoms with Gasteiger partial charge in [0.25, 0.3) is 0 Å². The summed E-state index contributed by atoms with van der Waals surface area (Å²) in [6, 6.07) is 7.05. The second-order valence-corrected chi connectivity index (χ2v) is 4.86. The van der Waals surface area contributed by atoms with E-state index in [0.717, 1.165) is 4.47 Å². The number of nitrogens with zero attached hydrogens (tertiary/aromatic N) is 1. The predicted octanol–water partition coefficient (Wildman–Crippen LogP) is 3.53. The van der Waals surface area contributed by atoms with Crippen molar-refractivity contribution in [3.8, 4) is 17.0 Å². The van der Waals surface area contributed by atoms with Gasteiger partial charge in [-0.3, -0.25) is 4.98 Å². The minimum absolute atomic E-state index is 0.205. The van der Waals surface area contributed by atoms with E-state index in [-0.39, 0.29) is 5.56 Å². The Kier molecular flexibility index (Phi) is 3.85. The molecule has 0 amide bonds. The molecular weight excluding hydrogens is 310 g/mol. The van der Waals surface area contributed by atoms with Gasteiger partial charge in [-0.2, -0.15) is 0 Å². The van der Waals surface area contributed by atoms with Crippen LogP contribution in [0.4, 0.5) is 0 Å². The van der Waals surface area contributed by atoms with Crippen LogP contribution in [0.25, 0.3) is 11.3 Å². The first-order valence-corrected chi connectivity index (χ1v) is 6.36. The number of carboxylic acid groups (broad SMARTS) is 1. The van der Waals surface area contributed by atoms with Crippen LogP contribution in [0.1, 0.15) is 15.9 Å². The number of methoxy groups -OCH3 is 1. The number of aromatic carboxylic acids is 1. The minimum atomic E-state index is -0.990. The maximum atomic E-state index is 11.4. The lowest BCUT2D eigenvalue weighted by Crippen LogP contribution is -2.05. The van der Waals surface area contributed by atoms with E-state index < -0.39 is 5.97 Å². The fourth-order valence-electron chi connectivity index (χ4n) is 1.85. The van der Waals surface area contributed by atoms with E-state index in [2.05, 4.69) is 20.9 Å². The Bertz CT molecular complexity index is 641. The summed E-state index contributed by atoms with van der Waals surface area (Å²) in [5.74, 6) is -0.340. The summed E-state index contributed by atoms with van der Waals surface area (Å²) in [4.78, 5) is 15.6. The number of aryl methyl sites for hydroxylation is 1. The Morgan fingerprint density at radius 1 is 1.37 bits per heavy atom. The van der Waals surface area contributed by atoms with Crippen LogP contribution in [-0.2, 0) is 0 Å².